The number of hydrogen-bond donors (Lipinski definition) is 1. The van der Waals surface area contributed by atoms with Gasteiger partial charge in [0.15, 0.2) is 10.8 Å². The maximum Gasteiger partial charge on any atom is 0.188 e. The van der Waals surface area contributed by atoms with Gasteiger partial charge in [0.05, 0.1) is 11.7 Å². The molecule has 0 saturated carbocycles. The summed E-state index contributed by atoms with van der Waals surface area (Å²) in [6.45, 7) is 5.13. The summed E-state index contributed by atoms with van der Waals surface area (Å²) in [5, 5.41) is 4.47. The van der Waals surface area contributed by atoms with Crippen LogP contribution in [0, 0.1) is 6.92 Å². The smallest absolute Gasteiger partial charge is 0.188 e. The third kappa shape index (κ3) is 2.53. The summed E-state index contributed by atoms with van der Waals surface area (Å²) in [5.74, 6) is 0.750. The lowest BCUT2D eigenvalue weighted by Crippen LogP contribution is -2.24. The van der Waals surface area contributed by atoms with Crippen LogP contribution >= 0.6 is 11.3 Å². The molecule has 0 radical (unpaired) electrons. The van der Waals surface area contributed by atoms with Crippen molar-refractivity contribution in [1.29, 1.82) is 0 Å². The fraction of sp³-hybridized carbons (Fsp3) is 0.500. The van der Waals surface area contributed by atoms with Crippen LogP contribution in [-0.4, -0.2) is 21.5 Å². The van der Waals surface area contributed by atoms with Gasteiger partial charge in [0, 0.05) is 17.3 Å². The van der Waals surface area contributed by atoms with E-state index >= 15 is 0 Å². The van der Waals surface area contributed by atoms with Crippen LogP contribution in [0.5, 0.6) is 0 Å². The van der Waals surface area contributed by atoms with Gasteiger partial charge in [-0.2, -0.15) is 0 Å². The predicted octanol–water partition coefficient (Wildman–Crippen LogP) is 2.90. The van der Waals surface area contributed by atoms with E-state index in [0.29, 0.717) is 6.04 Å². The number of nitrogens with one attached hydrogen (secondary N) is 1. The largest absolute Gasteiger partial charge is 0.309 e. The van der Waals surface area contributed by atoms with E-state index in [9.17, 15) is 0 Å². The SMILES string of the molecule is CCNC1CCCc2sc(-c3ncc(C)cn3)nc21. The quantitative estimate of drug-likeness (QED) is 0.935. The Bertz CT molecular complexity index is 561. The van der Waals surface area contributed by atoms with Crippen molar-refractivity contribution in [3.8, 4) is 10.8 Å². The van der Waals surface area contributed by atoms with Crippen molar-refractivity contribution in [2.24, 2.45) is 0 Å². The molecule has 2 aromatic rings. The van der Waals surface area contributed by atoms with Crippen LogP contribution in [-0.2, 0) is 6.42 Å². The Labute approximate surface area is 117 Å². The average molecular weight is 274 g/mol. The van der Waals surface area contributed by atoms with Gasteiger partial charge in [0.2, 0.25) is 0 Å². The maximum atomic E-state index is 4.78. The van der Waals surface area contributed by atoms with Crippen molar-refractivity contribution in [2.45, 2.75) is 39.2 Å². The topological polar surface area (TPSA) is 50.7 Å². The molecule has 2 heterocycles. The Hall–Kier alpha value is -1.33. The van der Waals surface area contributed by atoms with Crippen LogP contribution in [0.2, 0.25) is 0 Å². The van der Waals surface area contributed by atoms with Gasteiger partial charge >= 0.3 is 0 Å². The summed E-state index contributed by atoms with van der Waals surface area (Å²) in [5.41, 5.74) is 2.30. The number of aromatic nitrogens is 3. The first-order valence-corrected chi connectivity index (χ1v) is 7.61. The maximum absolute atomic E-state index is 4.78. The van der Waals surface area contributed by atoms with Gasteiger partial charge in [-0.15, -0.1) is 11.3 Å². The molecule has 0 amide bonds. The minimum absolute atomic E-state index is 0.407. The predicted molar refractivity (Wildman–Crippen MR) is 77.2 cm³/mol. The Morgan fingerprint density at radius 3 is 2.89 bits per heavy atom. The lowest BCUT2D eigenvalue weighted by atomic mass is 9.98. The molecule has 4 nitrogen and oxygen atoms in total. The monoisotopic (exact) mass is 274 g/mol. The molecule has 1 N–H and O–H groups in total. The van der Waals surface area contributed by atoms with E-state index in [-0.39, 0.29) is 0 Å². The zero-order valence-corrected chi connectivity index (χ0v) is 12.1. The lowest BCUT2D eigenvalue weighted by molar-refractivity contribution is 0.465. The zero-order chi connectivity index (χ0) is 13.2. The highest BCUT2D eigenvalue weighted by atomic mass is 32.1. The first-order valence-electron chi connectivity index (χ1n) is 6.80. The highest BCUT2D eigenvalue weighted by Crippen LogP contribution is 2.35. The van der Waals surface area contributed by atoms with Crippen molar-refractivity contribution < 1.29 is 0 Å². The second kappa shape index (κ2) is 5.35. The minimum Gasteiger partial charge on any atom is -0.309 e. The van der Waals surface area contributed by atoms with Crippen molar-refractivity contribution in [1.82, 2.24) is 20.3 Å². The molecule has 0 aromatic carbocycles. The van der Waals surface area contributed by atoms with Crippen molar-refractivity contribution in [2.75, 3.05) is 6.54 Å². The molecule has 1 atom stereocenters. The molecular weight excluding hydrogens is 256 g/mol. The van der Waals surface area contributed by atoms with Crippen LogP contribution in [0.3, 0.4) is 0 Å². The van der Waals surface area contributed by atoms with Crippen LogP contribution < -0.4 is 5.32 Å². The molecule has 0 spiro atoms. The number of fused-ring (bicyclic) bond motifs is 1. The van der Waals surface area contributed by atoms with Crippen molar-refractivity contribution in [3.63, 3.8) is 0 Å². The fourth-order valence-corrected chi connectivity index (χ4v) is 3.58. The van der Waals surface area contributed by atoms with Crippen LogP contribution in [0.15, 0.2) is 12.4 Å². The molecule has 0 saturated heterocycles. The van der Waals surface area contributed by atoms with E-state index in [1.807, 2.05) is 19.3 Å². The van der Waals surface area contributed by atoms with E-state index in [1.54, 1.807) is 11.3 Å². The number of aryl methyl sites for hydroxylation is 2. The van der Waals surface area contributed by atoms with Gasteiger partial charge in [-0.3, -0.25) is 0 Å². The number of thiazole rings is 1. The molecule has 0 fully saturated rings. The number of hydrogen-bond acceptors (Lipinski definition) is 5. The van der Waals surface area contributed by atoms with Crippen LogP contribution in [0.1, 0.15) is 41.9 Å². The van der Waals surface area contributed by atoms with Gasteiger partial charge in [-0.1, -0.05) is 6.92 Å². The van der Waals surface area contributed by atoms with Crippen molar-refractivity contribution >= 4 is 11.3 Å². The van der Waals surface area contributed by atoms with E-state index in [4.69, 9.17) is 4.98 Å². The number of rotatable bonds is 3. The zero-order valence-electron chi connectivity index (χ0n) is 11.3. The number of nitrogens with zero attached hydrogens (tertiary/aromatic N) is 3. The molecule has 2 aromatic heterocycles. The Morgan fingerprint density at radius 2 is 2.16 bits per heavy atom. The normalized spacial score (nSPS) is 18.3. The second-order valence-electron chi connectivity index (χ2n) is 4.91. The third-order valence-corrected chi connectivity index (χ3v) is 4.50. The Balaban J connectivity index is 1.95. The van der Waals surface area contributed by atoms with E-state index in [1.165, 1.54) is 23.4 Å². The highest BCUT2D eigenvalue weighted by Gasteiger charge is 2.24. The minimum atomic E-state index is 0.407. The fourth-order valence-electron chi connectivity index (χ4n) is 2.46. The Kier molecular flexibility index (Phi) is 3.57. The van der Waals surface area contributed by atoms with Gasteiger partial charge in [-0.25, -0.2) is 15.0 Å². The molecule has 100 valence electrons. The molecule has 0 bridgehead atoms. The van der Waals surface area contributed by atoms with Gasteiger partial charge < -0.3 is 5.32 Å². The molecule has 1 aliphatic rings. The highest BCUT2D eigenvalue weighted by molar-refractivity contribution is 7.15. The molecule has 19 heavy (non-hydrogen) atoms. The Morgan fingerprint density at radius 1 is 1.37 bits per heavy atom. The van der Waals surface area contributed by atoms with E-state index in [2.05, 4.69) is 22.2 Å². The first kappa shape index (κ1) is 12.7. The van der Waals surface area contributed by atoms with Gasteiger partial charge in [0.1, 0.15) is 0 Å². The van der Waals surface area contributed by atoms with Crippen LogP contribution in [0.4, 0.5) is 0 Å². The van der Waals surface area contributed by atoms with Gasteiger partial charge in [0.25, 0.3) is 0 Å². The lowest BCUT2D eigenvalue weighted by Gasteiger charge is -2.21. The molecule has 0 aliphatic heterocycles. The molecule has 1 aliphatic carbocycles. The molecule has 1 unspecified atom stereocenters. The summed E-state index contributed by atoms with van der Waals surface area (Å²) >= 11 is 1.75. The standard InChI is InChI=1S/C14H18N4S/c1-3-15-10-5-4-6-11-12(10)18-14(19-11)13-16-7-9(2)8-17-13/h7-8,10,15H,3-6H2,1-2H3. The molecule has 5 heteroatoms. The van der Waals surface area contributed by atoms with E-state index in [0.717, 1.165) is 29.4 Å². The third-order valence-electron chi connectivity index (χ3n) is 3.38. The summed E-state index contributed by atoms with van der Waals surface area (Å²) in [6.07, 6.45) is 7.26. The second-order valence-corrected chi connectivity index (χ2v) is 6.00. The average Bonchev–Trinajstić information content (AvgIpc) is 2.85. The summed E-state index contributed by atoms with van der Waals surface area (Å²) in [4.78, 5) is 14.9. The molecule has 3 rings (SSSR count). The molecular formula is C14H18N4S. The van der Waals surface area contributed by atoms with Crippen molar-refractivity contribution in [3.05, 3.63) is 28.5 Å². The van der Waals surface area contributed by atoms with E-state index < -0.39 is 0 Å². The summed E-state index contributed by atoms with van der Waals surface area (Å²) in [6, 6.07) is 0.407. The summed E-state index contributed by atoms with van der Waals surface area (Å²) in [7, 11) is 0. The summed E-state index contributed by atoms with van der Waals surface area (Å²) < 4.78 is 0. The van der Waals surface area contributed by atoms with Crippen LogP contribution in [0.25, 0.3) is 10.8 Å². The first-order chi connectivity index (χ1) is 9.28. The van der Waals surface area contributed by atoms with Gasteiger partial charge in [-0.05, 0) is 38.3 Å².